The molecule has 0 bridgehead atoms. The van der Waals surface area contributed by atoms with Crippen LogP contribution in [0.5, 0.6) is 0 Å². The normalized spacial score (nSPS) is 13.3. The maximum atomic E-state index is 12.5. The van der Waals surface area contributed by atoms with E-state index in [2.05, 4.69) is 51.2 Å². The number of nitrogens with one attached hydrogen (secondary N) is 4. The van der Waals surface area contributed by atoms with E-state index in [4.69, 9.17) is 14.8 Å². The molecular weight excluding hydrogens is 831 g/mol. The summed E-state index contributed by atoms with van der Waals surface area (Å²) in [5.74, 6) is -0.805. The van der Waals surface area contributed by atoms with Crippen molar-refractivity contribution in [3.63, 3.8) is 0 Å². The van der Waals surface area contributed by atoms with Crippen molar-refractivity contribution < 1.29 is 59.3 Å². The number of hydrogen-bond acceptors (Lipinski definition) is 21. The molecule has 11 N–H and O–H groups in total. The van der Waals surface area contributed by atoms with Crippen molar-refractivity contribution in [2.75, 3.05) is 71.8 Å². The zero-order valence-electron chi connectivity index (χ0n) is 30.7. The molecule has 2 atom stereocenters. The SMILES string of the molecule is CCc1nc(NCC(O)CO)nc(Nc2ccc(C=Cc3ccc(Nc4nc(NCC(O)CO)nc(N(C)CCS(=O)(=O)O)n4)cc3S(=O)(=O)O)c(S(=O)(=O)O)c2)n1. The van der Waals surface area contributed by atoms with Crippen molar-refractivity contribution in [3.8, 4) is 0 Å². The van der Waals surface area contributed by atoms with Gasteiger partial charge in [0.05, 0.1) is 31.2 Å². The van der Waals surface area contributed by atoms with Crippen LogP contribution in [0.2, 0.25) is 0 Å². The summed E-state index contributed by atoms with van der Waals surface area (Å²) in [6, 6.07) is 7.39. The molecule has 2 aromatic carbocycles. The van der Waals surface area contributed by atoms with E-state index in [-0.39, 0.29) is 71.9 Å². The van der Waals surface area contributed by atoms with Gasteiger partial charge in [0.25, 0.3) is 30.4 Å². The van der Waals surface area contributed by atoms with Crippen LogP contribution in [0.4, 0.5) is 41.1 Å². The van der Waals surface area contributed by atoms with Gasteiger partial charge in [-0.2, -0.15) is 55.2 Å². The van der Waals surface area contributed by atoms with E-state index in [0.29, 0.717) is 12.2 Å². The van der Waals surface area contributed by atoms with Crippen LogP contribution < -0.4 is 26.2 Å². The summed E-state index contributed by atoms with van der Waals surface area (Å²) in [5, 5.41) is 48.6. The number of anilines is 7. The Labute approximate surface area is 332 Å². The first-order valence-corrected chi connectivity index (χ1v) is 21.3. The topological polar surface area (TPSA) is 373 Å². The van der Waals surface area contributed by atoms with Gasteiger partial charge in [0.2, 0.25) is 29.7 Å². The maximum absolute atomic E-state index is 12.5. The van der Waals surface area contributed by atoms with Crippen LogP contribution in [0.15, 0.2) is 46.2 Å². The largest absolute Gasteiger partial charge is 0.394 e. The first kappa shape index (κ1) is 45.5. The summed E-state index contributed by atoms with van der Waals surface area (Å²) in [6.45, 7) is 0.133. The zero-order valence-corrected chi connectivity index (χ0v) is 33.1. The monoisotopic (exact) mass is 871 g/mol. The highest BCUT2D eigenvalue weighted by Gasteiger charge is 2.20. The number of benzene rings is 2. The van der Waals surface area contributed by atoms with Crippen molar-refractivity contribution in [1.29, 1.82) is 0 Å². The second-order valence-corrected chi connectivity index (χ2v) is 16.6. The molecule has 0 amide bonds. The van der Waals surface area contributed by atoms with Crippen molar-refractivity contribution in [1.82, 2.24) is 29.9 Å². The van der Waals surface area contributed by atoms with Crippen LogP contribution in [0.3, 0.4) is 0 Å². The smallest absolute Gasteiger partial charge is 0.295 e. The number of nitrogens with zero attached hydrogens (tertiary/aromatic N) is 7. The Hall–Kier alpha value is -5.23. The lowest BCUT2D eigenvalue weighted by Gasteiger charge is -2.18. The molecule has 0 aliphatic heterocycles. The van der Waals surface area contributed by atoms with Gasteiger partial charge in [-0.3, -0.25) is 13.7 Å². The Kier molecular flexibility index (Phi) is 15.3. The Morgan fingerprint density at radius 1 is 0.672 bits per heavy atom. The number of aryl methyl sites for hydroxylation is 1. The lowest BCUT2D eigenvalue weighted by molar-refractivity contribution is 0.105. The average molecular weight is 872 g/mol. The van der Waals surface area contributed by atoms with E-state index in [1.807, 2.05) is 0 Å². The molecule has 0 saturated heterocycles. The van der Waals surface area contributed by atoms with Gasteiger partial charge in [-0.05, 0) is 35.4 Å². The minimum Gasteiger partial charge on any atom is -0.394 e. The lowest BCUT2D eigenvalue weighted by atomic mass is 10.1. The number of aromatic nitrogens is 6. The van der Waals surface area contributed by atoms with Crippen LogP contribution in [-0.2, 0) is 36.8 Å². The summed E-state index contributed by atoms with van der Waals surface area (Å²) in [6.07, 6.45) is 0.432. The van der Waals surface area contributed by atoms with Crippen molar-refractivity contribution >= 4 is 83.6 Å². The van der Waals surface area contributed by atoms with Crippen LogP contribution >= 0.6 is 0 Å². The Morgan fingerprint density at radius 2 is 1.10 bits per heavy atom. The Morgan fingerprint density at radius 3 is 1.53 bits per heavy atom. The van der Waals surface area contributed by atoms with Gasteiger partial charge in [-0.15, -0.1) is 0 Å². The van der Waals surface area contributed by atoms with Gasteiger partial charge in [0.15, 0.2) is 0 Å². The van der Waals surface area contributed by atoms with E-state index in [0.717, 1.165) is 12.1 Å². The molecule has 316 valence electrons. The molecule has 4 aromatic rings. The van der Waals surface area contributed by atoms with Crippen molar-refractivity contribution in [2.45, 2.75) is 35.3 Å². The van der Waals surface area contributed by atoms with E-state index in [1.165, 1.54) is 48.4 Å². The summed E-state index contributed by atoms with van der Waals surface area (Å²) < 4.78 is 102. The van der Waals surface area contributed by atoms with E-state index < -0.39 is 71.3 Å². The molecular formula is C31H41N11O13S3. The third-order valence-electron chi connectivity index (χ3n) is 7.60. The molecule has 2 unspecified atom stereocenters. The van der Waals surface area contributed by atoms with Gasteiger partial charge >= 0.3 is 0 Å². The molecule has 2 heterocycles. The lowest BCUT2D eigenvalue weighted by Crippen LogP contribution is -2.28. The molecule has 0 radical (unpaired) electrons. The highest BCUT2D eigenvalue weighted by Crippen LogP contribution is 2.28. The fraction of sp³-hybridized carbons (Fsp3) is 0.355. The molecule has 0 aliphatic carbocycles. The highest BCUT2D eigenvalue weighted by atomic mass is 32.2. The standard InChI is InChI=1S/C31H41N11O13S3/c1-3-26-36-27(32-14-22(45)16-43)38-29(37-26)34-20-8-6-18(24(12-20)57(50,51)52)4-5-19-7-9-21(13-25(19)58(53,54)55)35-30-39-28(33-15-23(46)17-44)40-31(41-30)42(2)10-11-56(47,48)49/h4-9,12-13,22-23,43-46H,3,10-11,14-17H2,1-2H3,(H,47,48,49)(H,50,51,52)(H,53,54,55)(H2,32,34,36,37,38)(H2,33,35,39,40,41). The van der Waals surface area contributed by atoms with Gasteiger partial charge in [-0.1, -0.05) is 31.2 Å². The van der Waals surface area contributed by atoms with Crippen LogP contribution in [0, 0.1) is 0 Å². The molecule has 2 aromatic heterocycles. The minimum atomic E-state index is -4.95. The second kappa shape index (κ2) is 19.5. The fourth-order valence-electron chi connectivity index (χ4n) is 4.67. The van der Waals surface area contributed by atoms with Gasteiger partial charge in [0.1, 0.15) is 15.6 Å². The molecule has 0 fully saturated rings. The molecule has 58 heavy (non-hydrogen) atoms. The van der Waals surface area contributed by atoms with E-state index in [1.54, 1.807) is 6.92 Å². The van der Waals surface area contributed by atoms with Gasteiger partial charge in [0, 0.05) is 44.5 Å². The molecule has 0 spiro atoms. The average Bonchev–Trinajstić information content (AvgIpc) is 3.16. The predicted octanol–water partition coefficient (Wildman–Crippen LogP) is -0.376. The van der Waals surface area contributed by atoms with Crippen LogP contribution in [-0.4, -0.2) is 147 Å². The fourth-order valence-corrected chi connectivity index (χ4v) is 6.59. The summed E-state index contributed by atoms with van der Waals surface area (Å²) in [5.41, 5.74) is -0.0985. The van der Waals surface area contributed by atoms with Crippen LogP contribution in [0.1, 0.15) is 23.9 Å². The Bertz CT molecular complexity index is 2440. The van der Waals surface area contributed by atoms with Gasteiger partial charge < -0.3 is 46.6 Å². The first-order valence-electron chi connectivity index (χ1n) is 16.9. The highest BCUT2D eigenvalue weighted by molar-refractivity contribution is 7.86. The number of aliphatic hydroxyl groups excluding tert-OH is 4. The van der Waals surface area contributed by atoms with E-state index in [9.17, 15) is 44.6 Å². The van der Waals surface area contributed by atoms with E-state index >= 15 is 0 Å². The maximum Gasteiger partial charge on any atom is 0.295 e. The van der Waals surface area contributed by atoms with Crippen molar-refractivity contribution in [3.05, 3.63) is 53.3 Å². The third-order valence-corrected chi connectivity index (χ3v) is 10.1. The number of aliphatic hydroxyl groups is 4. The zero-order chi connectivity index (χ0) is 42.8. The predicted molar refractivity (Wildman–Crippen MR) is 210 cm³/mol. The third kappa shape index (κ3) is 13.7. The quantitative estimate of drug-likeness (QED) is 0.0375. The molecule has 0 aliphatic rings. The van der Waals surface area contributed by atoms with Crippen molar-refractivity contribution in [2.24, 2.45) is 0 Å². The summed E-state index contributed by atoms with van der Waals surface area (Å²) >= 11 is 0. The minimum absolute atomic E-state index is 0.00500. The Balaban J connectivity index is 1.65. The van der Waals surface area contributed by atoms with Gasteiger partial charge in [-0.25, -0.2) is 0 Å². The first-order chi connectivity index (χ1) is 27.2. The summed E-state index contributed by atoms with van der Waals surface area (Å²) in [4.78, 5) is 25.1. The number of rotatable bonds is 21. The second-order valence-electron chi connectivity index (χ2n) is 12.2. The molecule has 4 rings (SSSR count). The molecule has 27 heteroatoms. The summed E-state index contributed by atoms with van der Waals surface area (Å²) in [7, 11) is -12.8. The molecule has 0 saturated carbocycles. The number of hydrogen-bond donors (Lipinski definition) is 11. The molecule has 24 nitrogen and oxygen atoms in total. The van der Waals surface area contributed by atoms with Crippen LogP contribution in [0.25, 0.3) is 12.2 Å².